The molecule has 1 aliphatic rings. The van der Waals surface area contributed by atoms with Gasteiger partial charge in [0.05, 0.1) is 11.9 Å². The molecule has 0 bridgehead atoms. The molecular formula is C18H24N4O. The van der Waals surface area contributed by atoms with Crippen molar-refractivity contribution in [2.75, 3.05) is 29.9 Å². The van der Waals surface area contributed by atoms with Gasteiger partial charge in [-0.15, -0.1) is 0 Å². The minimum Gasteiger partial charge on any atom is -0.396 e. The van der Waals surface area contributed by atoms with E-state index in [4.69, 9.17) is 0 Å². The van der Waals surface area contributed by atoms with Crippen molar-refractivity contribution in [3.05, 3.63) is 47.9 Å². The maximum Gasteiger partial charge on any atom is 0.126 e. The van der Waals surface area contributed by atoms with Gasteiger partial charge < -0.3 is 15.3 Å². The molecule has 5 heteroatoms. The fourth-order valence-electron chi connectivity index (χ4n) is 2.94. The van der Waals surface area contributed by atoms with Crippen LogP contribution in [0.15, 0.2) is 36.7 Å². The van der Waals surface area contributed by atoms with Crippen molar-refractivity contribution in [3.8, 4) is 0 Å². The van der Waals surface area contributed by atoms with E-state index < -0.39 is 0 Å². The van der Waals surface area contributed by atoms with Gasteiger partial charge in [0.25, 0.3) is 0 Å². The summed E-state index contributed by atoms with van der Waals surface area (Å²) in [7, 11) is 0. The summed E-state index contributed by atoms with van der Waals surface area (Å²) in [5, 5.41) is 12.6. The normalized spacial score (nSPS) is 15.7. The van der Waals surface area contributed by atoms with Crippen LogP contribution in [0, 0.1) is 12.8 Å². The largest absolute Gasteiger partial charge is 0.396 e. The fraction of sp³-hybridized carbons (Fsp3) is 0.444. The van der Waals surface area contributed by atoms with E-state index in [1.165, 1.54) is 5.56 Å². The first kappa shape index (κ1) is 15.7. The molecule has 0 aliphatic carbocycles. The second-order valence-electron chi connectivity index (χ2n) is 6.12. The van der Waals surface area contributed by atoms with Crippen molar-refractivity contribution in [1.82, 2.24) is 9.97 Å². The maximum atomic E-state index is 9.21. The van der Waals surface area contributed by atoms with E-state index in [0.717, 1.165) is 49.7 Å². The number of hydrogen-bond donors (Lipinski definition) is 2. The fourth-order valence-corrected chi connectivity index (χ4v) is 2.94. The number of piperidine rings is 1. The Balaban J connectivity index is 1.56. The van der Waals surface area contributed by atoms with Crippen LogP contribution in [-0.4, -0.2) is 34.8 Å². The van der Waals surface area contributed by atoms with Gasteiger partial charge in [-0.25, -0.2) is 4.98 Å². The first-order valence-corrected chi connectivity index (χ1v) is 8.22. The van der Waals surface area contributed by atoms with E-state index in [9.17, 15) is 5.11 Å². The van der Waals surface area contributed by atoms with E-state index in [-0.39, 0.29) is 0 Å². The molecule has 2 N–H and O–H groups in total. The highest BCUT2D eigenvalue weighted by Crippen LogP contribution is 2.23. The lowest BCUT2D eigenvalue weighted by atomic mass is 9.98. The molecule has 1 fully saturated rings. The van der Waals surface area contributed by atoms with Crippen molar-refractivity contribution in [2.45, 2.75) is 26.3 Å². The smallest absolute Gasteiger partial charge is 0.126 e. The Morgan fingerprint density at radius 2 is 2.04 bits per heavy atom. The number of hydrogen-bond acceptors (Lipinski definition) is 5. The molecule has 0 radical (unpaired) electrons. The summed E-state index contributed by atoms with van der Waals surface area (Å²) in [6.45, 7) is 5.04. The van der Waals surface area contributed by atoms with Crippen molar-refractivity contribution in [3.63, 3.8) is 0 Å². The summed E-state index contributed by atoms with van der Waals surface area (Å²) in [5.41, 5.74) is 3.39. The topological polar surface area (TPSA) is 61.3 Å². The first-order chi connectivity index (χ1) is 11.3. The standard InChI is InChI=1S/C18H24N4O/c1-14-16(3-2-8-19-14)11-20-18-5-4-17(12-21-18)22-9-6-15(13-23)7-10-22/h2-5,8,12,15,23H,6-7,9-11,13H2,1H3,(H,20,21). The number of aliphatic hydroxyl groups is 1. The molecule has 0 atom stereocenters. The summed E-state index contributed by atoms with van der Waals surface area (Å²) in [6, 6.07) is 8.18. The molecule has 0 unspecified atom stereocenters. The van der Waals surface area contributed by atoms with E-state index >= 15 is 0 Å². The third-order valence-electron chi connectivity index (χ3n) is 4.56. The molecule has 2 aromatic rings. The van der Waals surface area contributed by atoms with Crippen LogP contribution in [0.2, 0.25) is 0 Å². The number of anilines is 2. The van der Waals surface area contributed by atoms with Gasteiger partial charge in [0.15, 0.2) is 0 Å². The van der Waals surface area contributed by atoms with Crippen molar-refractivity contribution >= 4 is 11.5 Å². The highest BCUT2D eigenvalue weighted by molar-refractivity contribution is 5.50. The zero-order valence-corrected chi connectivity index (χ0v) is 13.6. The summed E-state index contributed by atoms with van der Waals surface area (Å²) >= 11 is 0. The number of aromatic nitrogens is 2. The predicted octanol–water partition coefficient (Wildman–Crippen LogP) is 2.61. The molecule has 3 rings (SSSR count). The zero-order valence-electron chi connectivity index (χ0n) is 13.6. The number of nitrogens with zero attached hydrogens (tertiary/aromatic N) is 3. The van der Waals surface area contributed by atoms with E-state index in [2.05, 4.69) is 32.3 Å². The lowest BCUT2D eigenvalue weighted by molar-refractivity contribution is 0.203. The van der Waals surface area contributed by atoms with Gasteiger partial charge in [0.2, 0.25) is 0 Å². The Morgan fingerprint density at radius 3 is 2.70 bits per heavy atom. The number of rotatable bonds is 5. The van der Waals surface area contributed by atoms with Crippen LogP contribution < -0.4 is 10.2 Å². The molecule has 0 spiro atoms. The van der Waals surface area contributed by atoms with Crippen molar-refractivity contribution in [2.24, 2.45) is 5.92 Å². The van der Waals surface area contributed by atoms with E-state index in [0.29, 0.717) is 12.5 Å². The monoisotopic (exact) mass is 312 g/mol. The van der Waals surface area contributed by atoms with Gasteiger partial charge in [-0.3, -0.25) is 4.98 Å². The molecule has 1 saturated heterocycles. The van der Waals surface area contributed by atoms with Crippen LogP contribution in [0.5, 0.6) is 0 Å². The summed E-state index contributed by atoms with van der Waals surface area (Å²) < 4.78 is 0. The molecule has 0 amide bonds. The molecule has 1 aliphatic heterocycles. The van der Waals surface area contributed by atoms with Gasteiger partial charge in [0, 0.05) is 38.1 Å². The highest BCUT2D eigenvalue weighted by Gasteiger charge is 2.18. The Morgan fingerprint density at radius 1 is 1.22 bits per heavy atom. The minimum absolute atomic E-state index is 0.308. The molecule has 5 nitrogen and oxygen atoms in total. The van der Waals surface area contributed by atoms with Gasteiger partial charge in [-0.2, -0.15) is 0 Å². The van der Waals surface area contributed by atoms with Crippen LogP contribution in [0.4, 0.5) is 11.5 Å². The summed E-state index contributed by atoms with van der Waals surface area (Å²) in [5.74, 6) is 1.34. The number of aliphatic hydroxyl groups excluding tert-OH is 1. The average Bonchev–Trinajstić information content (AvgIpc) is 2.62. The van der Waals surface area contributed by atoms with Gasteiger partial charge in [-0.1, -0.05) is 6.07 Å². The molecule has 3 heterocycles. The molecule has 122 valence electrons. The van der Waals surface area contributed by atoms with E-state index in [1.54, 1.807) is 0 Å². The second-order valence-corrected chi connectivity index (χ2v) is 6.12. The molecular weight excluding hydrogens is 288 g/mol. The third-order valence-corrected chi connectivity index (χ3v) is 4.56. The zero-order chi connectivity index (χ0) is 16.1. The Labute approximate surface area is 137 Å². The van der Waals surface area contributed by atoms with Crippen LogP contribution >= 0.6 is 0 Å². The van der Waals surface area contributed by atoms with Crippen molar-refractivity contribution < 1.29 is 5.11 Å². The van der Waals surface area contributed by atoms with E-state index in [1.807, 2.05) is 31.5 Å². The molecule has 23 heavy (non-hydrogen) atoms. The van der Waals surface area contributed by atoms with Gasteiger partial charge in [-0.05, 0) is 49.4 Å². The first-order valence-electron chi connectivity index (χ1n) is 8.22. The van der Waals surface area contributed by atoms with Crippen LogP contribution in [0.3, 0.4) is 0 Å². The van der Waals surface area contributed by atoms with Crippen LogP contribution in [0.1, 0.15) is 24.1 Å². The Hall–Kier alpha value is -2.14. The highest BCUT2D eigenvalue weighted by atomic mass is 16.3. The summed E-state index contributed by atoms with van der Waals surface area (Å²) in [6.07, 6.45) is 5.84. The minimum atomic E-state index is 0.308. The van der Waals surface area contributed by atoms with Crippen LogP contribution in [0.25, 0.3) is 0 Å². The molecule has 2 aromatic heterocycles. The SMILES string of the molecule is Cc1ncccc1CNc1ccc(N2CCC(CO)CC2)cn1. The maximum absolute atomic E-state index is 9.21. The second kappa shape index (κ2) is 7.42. The van der Waals surface area contributed by atoms with Crippen LogP contribution in [-0.2, 0) is 6.54 Å². The number of pyridine rings is 2. The lowest BCUT2D eigenvalue weighted by Crippen LogP contribution is -2.34. The Kier molecular flexibility index (Phi) is 5.08. The van der Waals surface area contributed by atoms with Gasteiger partial charge >= 0.3 is 0 Å². The third kappa shape index (κ3) is 3.99. The molecule has 0 aromatic carbocycles. The van der Waals surface area contributed by atoms with Gasteiger partial charge in [0.1, 0.15) is 5.82 Å². The molecule has 0 saturated carbocycles. The summed E-state index contributed by atoms with van der Waals surface area (Å²) in [4.78, 5) is 11.2. The quantitative estimate of drug-likeness (QED) is 0.888. The average molecular weight is 312 g/mol. The van der Waals surface area contributed by atoms with Crippen molar-refractivity contribution in [1.29, 1.82) is 0 Å². The number of nitrogens with one attached hydrogen (secondary N) is 1. The lowest BCUT2D eigenvalue weighted by Gasteiger charge is -2.32. The predicted molar refractivity (Wildman–Crippen MR) is 92.6 cm³/mol. The number of aryl methyl sites for hydroxylation is 1. The Bertz CT molecular complexity index is 621.